The number of anilines is 1. The van der Waals surface area contributed by atoms with E-state index in [1.54, 1.807) is 18.7 Å². The molecule has 0 aliphatic carbocycles. The highest BCUT2D eigenvalue weighted by molar-refractivity contribution is 7.91. The Morgan fingerprint density at radius 1 is 1.08 bits per heavy atom. The molecule has 2 N–H and O–H groups in total. The second-order valence-corrected chi connectivity index (χ2v) is 11.4. The van der Waals surface area contributed by atoms with Gasteiger partial charge in [0.1, 0.15) is 11.5 Å². The van der Waals surface area contributed by atoms with Gasteiger partial charge in [0.2, 0.25) is 0 Å². The SMILES string of the molecule is CCS(=O)(=O)c1ccc(C(CO)NC(=O)c2ccc(N(Cc3ccnc(C(F)(F)F)c3)C(C)C)c(F)c2)cc1. The Bertz CT molecular complexity index is 1410. The molecule has 1 heterocycles. The number of hydrogen-bond donors (Lipinski definition) is 2. The van der Waals surface area contributed by atoms with Gasteiger partial charge >= 0.3 is 6.18 Å². The third kappa shape index (κ3) is 7.33. The summed E-state index contributed by atoms with van der Waals surface area (Å²) >= 11 is 0. The van der Waals surface area contributed by atoms with Crippen molar-refractivity contribution in [3.8, 4) is 0 Å². The molecule has 2 aromatic carbocycles. The molecule has 0 radical (unpaired) electrons. The highest BCUT2D eigenvalue weighted by Gasteiger charge is 2.32. The van der Waals surface area contributed by atoms with Crippen LogP contribution in [0.2, 0.25) is 0 Å². The van der Waals surface area contributed by atoms with Gasteiger partial charge in [-0.1, -0.05) is 19.1 Å². The zero-order valence-corrected chi connectivity index (χ0v) is 22.4. The molecule has 1 aromatic heterocycles. The number of hydrogen-bond acceptors (Lipinski definition) is 6. The van der Waals surface area contributed by atoms with Gasteiger partial charge in [0.05, 0.1) is 29.0 Å². The van der Waals surface area contributed by atoms with Crippen LogP contribution >= 0.6 is 0 Å². The van der Waals surface area contributed by atoms with Gasteiger partial charge in [0, 0.05) is 24.3 Å². The van der Waals surface area contributed by atoms with Crippen LogP contribution in [0.5, 0.6) is 0 Å². The van der Waals surface area contributed by atoms with E-state index in [9.17, 15) is 31.5 Å². The van der Waals surface area contributed by atoms with E-state index in [0.29, 0.717) is 5.56 Å². The van der Waals surface area contributed by atoms with Crippen LogP contribution in [-0.2, 0) is 22.6 Å². The van der Waals surface area contributed by atoms with Crippen molar-refractivity contribution < 1.29 is 35.9 Å². The third-order valence-corrected chi connectivity index (χ3v) is 7.87. The Morgan fingerprint density at radius 3 is 2.28 bits per heavy atom. The van der Waals surface area contributed by atoms with Crippen LogP contribution in [0.4, 0.5) is 23.2 Å². The number of rotatable bonds is 10. The molecule has 0 saturated carbocycles. The molecule has 0 spiro atoms. The average Bonchev–Trinajstić information content (AvgIpc) is 2.90. The van der Waals surface area contributed by atoms with Crippen LogP contribution in [-0.4, -0.2) is 42.8 Å². The van der Waals surface area contributed by atoms with Crippen LogP contribution in [0.1, 0.15) is 54.0 Å². The fraction of sp³-hybridized carbons (Fsp3) is 0.333. The van der Waals surface area contributed by atoms with Crippen LogP contribution in [0.15, 0.2) is 65.7 Å². The van der Waals surface area contributed by atoms with E-state index < -0.39 is 46.1 Å². The van der Waals surface area contributed by atoms with Crippen LogP contribution in [0.25, 0.3) is 0 Å². The Labute approximate surface area is 224 Å². The van der Waals surface area contributed by atoms with Gasteiger partial charge in [0.15, 0.2) is 9.84 Å². The number of amides is 1. The summed E-state index contributed by atoms with van der Waals surface area (Å²) in [5.74, 6) is -1.50. The highest BCUT2D eigenvalue weighted by atomic mass is 32.2. The largest absolute Gasteiger partial charge is 0.433 e. The maximum absolute atomic E-state index is 15.2. The monoisotopic (exact) mass is 567 g/mol. The van der Waals surface area contributed by atoms with E-state index in [1.807, 2.05) is 0 Å². The molecule has 7 nitrogen and oxygen atoms in total. The van der Waals surface area contributed by atoms with E-state index in [0.717, 1.165) is 18.3 Å². The summed E-state index contributed by atoms with van der Waals surface area (Å²) in [6.07, 6.45) is -3.56. The van der Waals surface area contributed by atoms with Crippen molar-refractivity contribution in [3.05, 3.63) is 89.0 Å². The second-order valence-electron chi connectivity index (χ2n) is 9.12. The molecule has 0 aliphatic heterocycles. The number of nitrogens with zero attached hydrogens (tertiary/aromatic N) is 2. The minimum Gasteiger partial charge on any atom is -0.394 e. The highest BCUT2D eigenvalue weighted by Crippen LogP contribution is 2.30. The predicted octanol–water partition coefficient (Wildman–Crippen LogP) is 4.91. The van der Waals surface area contributed by atoms with E-state index >= 15 is 4.39 Å². The molecule has 1 amide bonds. The molecule has 0 fully saturated rings. The van der Waals surface area contributed by atoms with Gasteiger partial charge in [-0.25, -0.2) is 12.8 Å². The summed E-state index contributed by atoms with van der Waals surface area (Å²) in [6, 6.07) is 10.7. The van der Waals surface area contributed by atoms with Gasteiger partial charge in [-0.15, -0.1) is 0 Å². The molecular formula is C27H29F4N3O4S. The number of aliphatic hydroxyl groups excluding tert-OH is 1. The number of carbonyl (C=O) groups is 1. The Kier molecular flexibility index (Phi) is 9.34. The first-order valence-electron chi connectivity index (χ1n) is 12.1. The summed E-state index contributed by atoms with van der Waals surface area (Å²) in [4.78, 5) is 17.9. The van der Waals surface area contributed by atoms with E-state index in [4.69, 9.17) is 0 Å². The number of aromatic nitrogens is 1. The molecule has 12 heteroatoms. The van der Waals surface area contributed by atoms with Gasteiger partial charge in [-0.05, 0) is 67.4 Å². The Hall–Kier alpha value is -3.51. The normalized spacial score (nSPS) is 12.8. The van der Waals surface area contributed by atoms with Crippen molar-refractivity contribution in [2.24, 2.45) is 0 Å². The van der Waals surface area contributed by atoms with Crippen LogP contribution < -0.4 is 10.2 Å². The van der Waals surface area contributed by atoms with Gasteiger partial charge in [-0.3, -0.25) is 9.78 Å². The minimum absolute atomic E-state index is 0.0257. The molecule has 0 bridgehead atoms. The van der Waals surface area contributed by atoms with Crippen LogP contribution in [0.3, 0.4) is 0 Å². The summed E-state index contributed by atoms with van der Waals surface area (Å²) < 4.78 is 78.4. The lowest BCUT2D eigenvalue weighted by molar-refractivity contribution is -0.141. The van der Waals surface area contributed by atoms with Crippen molar-refractivity contribution in [2.45, 2.75) is 50.5 Å². The van der Waals surface area contributed by atoms with Gasteiger partial charge < -0.3 is 15.3 Å². The smallest absolute Gasteiger partial charge is 0.394 e. The fourth-order valence-electron chi connectivity index (χ4n) is 3.90. The Balaban J connectivity index is 1.79. The first-order valence-corrected chi connectivity index (χ1v) is 13.7. The maximum atomic E-state index is 15.2. The molecule has 39 heavy (non-hydrogen) atoms. The molecule has 1 unspecified atom stereocenters. The maximum Gasteiger partial charge on any atom is 0.433 e. The van der Waals surface area contributed by atoms with Crippen LogP contribution in [0, 0.1) is 5.82 Å². The number of carbonyl (C=O) groups excluding carboxylic acids is 1. The summed E-state index contributed by atoms with van der Waals surface area (Å²) in [6.45, 7) is 4.53. The lowest BCUT2D eigenvalue weighted by Crippen LogP contribution is -2.32. The van der Waals surface area contributed by atoms with Gasteiger partial charge in [-0.2, -0.15) is 13.2 Å². The van der Waals surface area contributed by atoms with Crippen molar-refractivity contribution in [1.82, 2.24) is 10.3 Å². The number of pyridine rings is 1. The van der Waals surface area contributed by atoms with Crippen molar-refractivity contribution in [1.29, 1.82) is 0 Å². The number of aliphatic hydroxyl groups is 1. The molecule has 0 saturated heterocycles. The Morgan fingerprint density at radius 2 is 1.74 bits per heavy atom. The first-order chi connectivity index (χ1) is 18.3. The van der Waals surface area contributed by atoms with E-state index in [-0.39, 0.29) is 40.0 Å². The number of nitrogens with one attached hydrogen (secondary N) is 1. The first kappa shape index (κ1) is 30.0. The number of benzene rings is 2. The molecular weight excluding hydrogens is 538 g/mol. The van der Waals surface area contributed by atoms with E-state index in [1.165, 1.54) is 49.4 Å². The number of sulfone groups is 1. The van der Waals surface area contributed by atoms with Crippen molar-refractivity contribution >= 4 is 21.4 Å². The van der Waals surface area contributed by atoms with Crippen molar-refractivity contribution in [2.75, 3.05) is 17.3 Å². The quantitative estimate of drug-likeness (QED) is 0.338. The molecule has 3 rings (SSSR count). The summed E-state index contributed by atoms with van der Waals surface area (Å²) in [5, 5.41) is 12.4. The summed E-state index contributed by atoms with van der Waals surface area (Å²) in [5.41, 5.74) is -0.239. The van der Waals surface area contributed by atoms with Gasteiger partial charge in [0.25, 0.3) is 5.91 Å². The zero-order chi connectivity index (χ0) is 29.0. The molecule has 210 valence electrons. The molecule has 0 aliphatic rings. The number of halogens is 4. The topological polar surface area (TPSA) is 99.6 Å². The standard InChI is InChI=1S/C27H29F4N3O4S/c1-4-39(37,38)21-8-5-19(6-9-21)23(16-35)33-26(36)20-7-10-24(22(28)14-20)34(17(2)3)15-18-11-12-32-25(13-18)27(29,30)31/h5-14,17,23,35H,4,15-16H2,1-3H3,(H,33,36). The third-order valence-electron chi connectivity index (χ3n) is 6.12. The van der Waals surface area contributed by atoms with E-state index in [2.05, 4.69) is 10.3 Å². The molecule has 3 aromatic rings. The zero-order valence-electron chi connectivity index (χ0n) is 21.5. The lowest BCUT2D eigenvalue weighted by Gasteiger charge is -2.30. The van der Waals surface area contributed by atoms with Crippen molar-refractivity contribution in [3.63, 3.8) is 0 Å². The molecule has 1 atom stereocenters. The predicted molar refractivity (Wildman–Crippen MR) is 138 cm³/mol. The number of alkyl halides is 3. The fourth-order valence-corrected chi connectivity index (χ4v) is 4.79. The summed E-state index contributed by atoms with van der Waals surface area (Å²) in [7, 11) is -3.41. The lowest BCUT2D eigenvalue weighted by atomic mass is 10.1. The minimum atomic E-state index is -4.61. The second kappa shape index (κ2) is 12.1. The average molecular weight is 568 g/mol.